The van der Waals surface area contributed by atoms with Gasteiger partial charge in [-0.25, -0.2) is 0 Å². The molecule has 2 amide bonds. The van der Waals surface area contributed by atoms with Gasteiger partial charge in [0.25, 0.3) is 5.91 Å². The molecular weight excluding hydrogens is 428 g/mol. The lowest BCUT2D eigenvalue weighted by atomic mass is 10.2. The van der Waals surface area contributed by atoms with Crippen LogP contribution in [0.5, 0.6) is 11.5 Å². The Labute approximate surface area is 182 Å². The summed E-state index contributed by atoms with van der Waals surface area (Å²) >= 11 is 7.03. The average molecular weight is 447 g/mol. The molecule has 1 atom stereocenters. The molecule has 0 saturated carbocycles. The molecule has 3 aromatic rings. The van der Waals surface area contributed by atoms with Crippen molar-refractivity contribution >= 4 is 39.9 Å². The molecule has 30 heavy (non-hydrogen) atoms. The van der Waals surface area contributed by atoms with Crippen molar-refractivity contribution in [3.05, 3.63) is 53.6 Å². The van der Waals surface area contributed by atoms with Crippen molar-refractivity contribution in [3.8, 4) is 22.1 Å². The first-order valence-electron chi connectivity index (χ1n) is 8.91. The molecule has 10 heteroatoms. The lowest BCUT2D eigenvalue weighted by molar-refractivity contribution is -0.127. The highest BCUT2D eigenvalue weighted by Crippen LogP contribution is 2.27. The highest BCUT2D eigenvalue weighted by atomic mass is 35.5. The third-order valence-corrected chi connectivity index (χ3v) is 5.09. The van der Waals surface area contributed by atoms with E-state index in [0.29, 0.717) is 20.9 Å². The molecule has 2 aromatic carbocycles. The summed E-state index contributed by atoms with van der Waals surface area (Å²) in [6.45, 7) is 1.35. The summed E-state index contributed by atoms with van der Waals surface area (Å²) in [6.07, 6.45) is 0. The van der Waals surface area contributed by atoms with Crippen LogP contribution in [0.3, 0.4) is 0 Å². The number of halogens is 1. The zero-order chi connectivity index (χ0) is 21.5. The van der Waals surface area contributed by atoms with E-state index >= 15 is 0 Å². The number of nitrogens with one attached hydrogen (secondary N) is 2. The molecule has 3 rings (SSSR count). The Kier molecular flexibility index (Phi) is 7.21. The Morgan fingerprint density at radius 3 is 2.40 bits per heavy atom. The fourth-order valence-electron chi connectivity index (χ4n) is 2.37. The minimum Gasteiger partial charge on any atom is -0.497 e. The monoisotopic (exact) mass is 446 g/mol. The van der Waals surface area contributed by atoms with E-state index in [1.165, 1.54) is 11.3 Å². The maximum atomic E-state index is 12.3. The number of carbonyl (C=O) groups excluding carboxylic acids is 2. The first-order chi connectivity index (χ1) is 14.4. The number of hydrogen-bond acceptors (Lipinski definition) is 7. The van der Waals surface area contributed by atoms with Crippen LogP contribution in [0.1, 0.15) is 6.92 Å². The minimum atomic E-state index is -0.778. The summed E-state index contributed by atoms with van der Waals surface area (Å²) in [6, 6.07) is 13.2. The molecule has 0 aliphatic rings. The van der Waals surface area contributed by atoms with Crippen LogP contribution in [0, 0.1) is 0 Å². The Hall–Kier alpha value is -3.17. The van der Waals surface area contributed by atoms with E-state index in [0.717, 1.165) is 11.3 Å². The largest absolute Gasteiger partial charge is 0.497 e. The first kappa shape index (κ1) is 21.5. The predicted molar refractivity (Wildman–Crippen MR) is 115 cm³/mol. The Bertz CT molecular complexity index is 1010. The lowest BCUT2D eigenvalue weighted by Crippen LogP contribution is -2.43. The highest BCUT2D eigenvalue weighted by molar-refractivity contribution is 7.18. The van der Waals surface area contributed by atoms with Crippen LogP contribution in [0.4, 0.5) is 5.13 Å². The standard InChI is InChI=1S/C20H19ClN4O4S/c1-12(22-17(26)11-29-16-9-5-14(21)6-10-16)18(27)23-20-25-24-19(30-20)13-3-7-15(28-2)8-4-13/h3-10,12H,11H2,1-2H3,(H,22,26)(H,23,25,27). The quantitative estimate of drug-likeness (QED) is 0.549. The van der Waals surface area contributed by atoms with Gasteiger partial charge < -0.3 is 14.8 Å². The van der Waals surface area contributed by atoms with Crippen LogP contribution in [0.25, 0.3) is 10.6 Å². The van der Waals surface area contributed by atoms with E-state index < -0.39 is 17.9 Å². The number of benzene rings is 2. The predicted octanol–water partition coefficient (Wildman–Crippen LogP) is 3.39. The Morgan fingerprint density at radius 1 is 1.07 bits per heavy atom. The van der Waals surface area contributed by atoms with Gasteiger partial charge in [0.05, 0.1) is 7.11 Å². The number of rotatable bonds is 8. The molecule has 0 aliphatic carbocycles. The van der Waals surface area contributed by atoms with Crippen LogP contribution in [0.2, 0.25) is 5.02 Å². The van der Waals surface area contributed by atoms with Crippen LogP contribution >= 0.6 is 22.9 Å². The SMILES string of the molecule is COc1ccc(-c2nnc(NC(=O)C(C)NC(=O)COc3ccc(Cl)cc3)s2)cc1. The summed E-state index contributed by atoms with van der Waals surface area (Å²) in [5.74, 6) is 0.407. The van der Waals surface area contributed by atoms with Crippen molar-refractivity contribution in [2.24, 2.45) is 0 Å². The van der Waals surface area contributed by atoms with Crippen molar-refractivity contribution in [1.82, 2.24) is 15.5 Å². The van der Waals surface area contributed by atoms with E-state index in [4.69, 9.17) is 21.1 Å². The molecule has 2 N–H and O–H groups in total. The van der Waals surface area contributed by atoms with Crippen molar-refractivity contribution < 1.29 is 19.1 Å². The van der Waals surface area contributed by atoms with E-state index in [1.54, 1.807) is 38.3 Å². The second-order valence-corrected chi connectivity index (χ2v) is 7.58. The average Bonchev–Trinajstić information content (AvgIpc) is 3.21. The number of hydrogen-bond donors (Lipinski definition) is 2. The van der Waals surface area contributed by atoms with Gasteiger partial charge in [-0.3, -0.25) is 14.9 Å². The number of ether oxygens (including phenoxy) is 2. The summed E-state index contributed by atoms with van der Waals surface area (Å²) in [4.78, 5) is 24.3. The number of methoxy groups -OCH3 is 1. The van der Waals surface area contributed by atoms with Gasteiger partial charge >= 0.3 is 0 Å². The molecular formula is C20H19ClN4O4S. The molecule has 0 aliphatic heterocycles. The maximum Gasteiger partial charge on any atom is 0.258 e. The third-order valence-electron chi connectivity index (χ3n) is 3.95. The molecule has 0 fully saturated rings. The van der Waals surface area contributed by atoms with Gasteiger partial charge in [0, 0.05) is 10.6 Å². The van der Waals surface area contributed by atoms with E-state index in [1.807, 2.05) is 24.3 Å². The van der Waals surface area contributed by atoms with E-state index in [2.05, 4.69) is 20.8 Å². The number of anilines is 1. The molecule has 8 nitrogen and oxygen atoms in total. The second-order valence-electron chi connectivity index (χ2n) is 6.16. The highest BCUT2D eigenvalue weighted by Gasteiger charge is 2.18. The minimum absolute atomic E-state index is 0.223. The van der Waals surface area contributed by atoms with Gasteiger partial charge in [-0.05, 0) is 55.5 Å². The van der Waals surface area contributed by atoms with Gasteiger partial charge in [0.2, 0.25) is 11.0 Å². The summed E-state index contributed by atoms with van der Waals surface area (Å²) in [5, 5.41) is 14.8. The molecule has 0 radical (unpaired) electrons. The summed E-state index contributed by atoms with van der Waals surface area (Å²) in [5.41, 5.74) is 0.856. The normalized spacial score (nSPS) is 11.4. The van der Waals surface area contributed by atoms with Crippen LogP contribution in [-0.4, -0.2) is 41.8 Å². The number of nitrogens with zero attached hydrogens (tertiary/aromatic N) is 2. The van der Waals surface area contributed by atoms with Crippen molar-refractivity contribution in [1.29, 1.82) is 0 Å². The number of amides is 2. The van der Waals surface area contributed by atoms with Crippen molar-refractivity contribution in [2.75, 3.05) is 19.0 Å². The van der Waals surface area contributed by atoms with E-state index in [9.17, 15) is 9.59 Å². The zero-order valence-corrected chi connectivity index (χ0v) is 17.8. The molecule has 1 aromatic heterocycles. The Balaban J connectivity index is 1.49. The van der Waals surface area contributed by atoms with Crippen LogP contribution in [-0.2, 0) is 9.59 Å². The molecule has 156 valence electrons. The zero-order valence-electron chi connectivity index (χ0n) is 16.2. The summed E-state index contributed by atoms with van der Waals surface area (Å²) in [7, 11) is 1.59. The van der Waals surface area contributed by atoms with Gasteiger partial charge in [-0.1, -0.05) is 22.9 Å². The van der Waals surface area contributed by atoms with Gasteiger partial charge in [-0.15, -0.1) is 10.2 Å². The summed E-state index contributed by atoms with van der Waals surface area (Å²) < 4.78 is 10.5. The molecule has 0 bridgehead atoms. The lowest BCUT2D eigenvalue weighted by Gasteiger charge is -2.13. The molecule has 1 heterocycles. The smallest absolute Gasteiger partial charge is 0.258 e. The fraction of sp³-hybridized carbons (Fsp3) is 0.200. The molecule has 0 spiro atoms. The van der Waals surface area contributed by atoms with Gasteiger partial charge in [0.1, 0.15) is 22.5 Å². The molecule has 0 saturated heterocycles. The van der Waals surface area contributed by atoms with E-state index in [-0.39, 0.29) is 6.61 Å². The van der Waals surface area contributed by atoms with Gasteiger partial charge in [-0.2, -0.15) is 0 Å². The van der Waals surface area contributed by atoms with Crippen molar-refractivity contribution in [2.45, 2.75) is 13.0 Å². The third kappa shape index (κ3) is 5.91. The van der Waals surface area contributed by atoms with Gasteiger partial charge in [0.15, 0.2) is 6.61 Å². The van der Waals surface area contributed by atoms with Crippen LogP contribution in [0.15, 0.2) is 48.5 Å². The van der Waals surface area contributed by atoms with Crippen LogP contribution < -0.4 is 20.1 Å². The number of aromatic nitrogens is 2. The maximum absolute atomic E-state index is 12.3. The topological polar surface area (TPSA) is 102 Å². The first-order valence-corrected chi connectivity index (χ1v) is 10.1. The molecule has 1 unspecified atom stereocenters. The second kappa shape index (κ2) is 10.0. The fourth-order valence-corrected chi connectivity index (χ4v) is 3.24. The number of carbonyl (C=O) groups is 2. The Morgan fingerprint density at radius 2 is 1.73 bits per heavy atom. The van der Waals surface area contributed by atoms with Crippen molar-refractivity contribution in [3.63, 3.8) is 0 Å².